The van der Waals surface area contributed by atoms with Gasteiger partial charge in [0.1, 0.15) is 0 Å². The van der Waals surface area contributed by atoms with Crippen molar-refractivity contribution in [2.24, 2.45) is 0 Å². The Kier molecular flexibility index (Phi) is 6.38. The Balaban J connectivity index is 0.907. The van der Waals surface area contributed by atoms with Crippen LogP contribution < -0.4 is 0 Å². The molecule has 0 spiro atoms. The molecule has 2 aliphatic carbocycles. The van der Waals surface area contributed by atoms with Crippen LogP contribution in [0.25, 0.3) is 143 Å². The van der Waals surface area contributed by atoms with Crippen LogP contribution in [0.1, 0.15) is 0 Å². The molecule has 0 amide bonds. The molecule has 274 valence electrons. The number of benzene rings is 12. The molecule has 0 heteroatoms. The summed E-state index contributed by atoms with van der Waals surface area (Å²) in [6.45, 7) is 0. The van der Waals surface area contributed by atoms with Gasteiger partial charge in [0.25, 0.3) is 0 Å². The third-order valence-electron chi connectivity index (χ3n) is 13.7. The molecule has 14 rings (SSSR count). The maximum Gasteiger partial charge on any atom is -0.00199 e. The van der Waals surface area contributed by atoms with Crippen LogP contribution in [0.5, 0.6) is 0 Å². The number of hydrogen-bond acceptors (Lipinski definition) is 0. The maximum atomic E-state index is 2.45. The zero-order chi connectivity index (χ0) is 39.1. The maximum absolute atomic E-state index is 2.45. The lowest BCUT2D eigenvalue weighted by molar-refractivity contribution is 1.60. The predicted molar refractivity (Wildman–Crippen MR) is 257 cm³/mol. The molecule has 12 aromatic carbocycles. The van der Waals surface area contributed by atoms with Crippen molar-refractivity contribution >= 4 is 64.6 Å². The highest BCUT2D eigenvalue weighted by molar-refractivity contribution is 6.30. The van der Waals surface area contributed by atoms with E-state index >= 15 is 0 Å². The highest BCUT2D eigenvalue weighted by Gasteiger charge is 2.25. The SMILES string of the molecule is c1cc(-c2ccc(-c3cc4c5cccc6c5c(cc4c4ccccc34)-c3ccccc3-6)cc2)cc(-c2cc3c4cccc5c4c(cc3c3ccccc23)-c2ccccc2-5)c1. The lowest BCUT2D eigenvalue weighted by atomic mass is 9.88. The molecule has 0 unspecified atom stereocenters. The van der Waals surface area contributed by atoms with Gasteiger partial charge in [-0.25, -0.2) is 0 Å². The standard InChI is InChI=1S/C60H34/c1-7-20-45-39(14-1)47-22-10-24-49-55-31-51(41-16-3-5-18-43(41)53(55)33-57(45)59(47)49)36-28-26-35(27-29-36)37-12-9-13-38(30-37)52-32-56-50-25-11-23-48-40-15-2-8-21-46(40)58(60(48)50)34-54(56)44-19-6-4-17-42(44)52/h1-34H. The van der Waals surface area contributed by atoms with Crippen molar-refractivity contribution in [2.75, 3.05) is 0 Å². The molecule has 0 atom stereocenters. The molecule has 0 aromatic heterocycles. The van der Waals surface area contributed by atoms with Gasteiger partial charge < -0.3 is 0 Å². The first-order valence-corrected chi connectivity index (χ1v) is 21.0. The molecular formula is C60H34. The van der Waals surface area contributed by atoms with Crippen molar-refractivity contribution in [3.63, 3.8) is 0 Å². The molecule has 0 radical (unpaired) electrons. The Morgan fingerprint density at radius 2 is 0.500 bits per heavy atom. The molecule has 0 fully saturated rings. The van der Waals surface area contributed by atoms with Crippen molar-refractivity contribution in [1.82, 2.24) is 0 Å². The van der Waals surface area contributed by atoms with Crippen molar-refractivity contribution in [1.29, 1.82) is 0 Å². The molecule has 0 nitrogen and oxygen atoms in total. The number of hydrogen-bond donors (Lipinski definition) is 0. The minimum absolute atomic E-state index is 1.21. The van der Waals surface area contributed by atoms with Crippen LogP contribution in [-0.4, -0.2) is 0 Å². The van der Waals surface area contributed by atoms with Crippen molar-refractivity contribution in [3.8, 4) is 77.9 Å². The molecule has 0 saturated heterocycles. The Labute approximate surface area is 347 Å². The third-order valence-corrected chi connectivity index (χ3v) is 13.7. The first-order valence-electron chi connectivity index (χ1n) is 21.0. The van der Waals surface area contributed by atoms with Gasteiger partial charge in [-0.3, -0.25) is 0 Å². The predicted octanol–water partition coefficient (Wildman–Crippen LogP) is 16.9. The van der Waals surface area contributed by atoms with Crippen LogP contribution in [0.2, 0.25) is 0 Å². The fourth-order valence-corrected chi connectivity index (χ4v) is 11.1. The summed E-state index contributed by atoms with van der Waals surface area (Å²) in [5.74, 6) is 0. The molecule has 0 saturated carbocycles. The second-order valence-electron chi connectivity index (χ2n) is 16.7. The monoisotopic (exact) mass is 754 g/mol. The fraction of sp³-hybridized carbons (Fsp3) is 0. The summed E-state index contributed by atoms with van der Waals surface area (Å²) in [5.41, 5.74) is 18.1. The summed E-state index contributed by atoms with van der Waals surface area (Å²) in [6.07, 6.45) is 0. The summed E-state index contributed by atoms with van der Waals surface area (Å²) in [4.78, 5) is 0. The van der Waals surface area contributed by atoms with E-state index in [9.17, 15) is 0 Å². The lowest BCUT2D eigenvalue weighted by Crippen LogP contribution is -1.89. The normalized spacial score (nSPS) is 12.3. The van der Waals surface area contributed by atoms with E-state index in [2.05, 4.69) is 206 Å². The van der Waals surface area contributed by atoms with Gasteiger partial charge in [0.2, 0.25) is 0 Å². The first-order chi connectivity index (χ1) is 29.8. The van der Waals surface area contributed by atoms with Crippen LogP contribution >= 0.6 is 0 Å². The van der Waals surface area contributed by atoms with Gasteiger partial charge >= 0.3 is 0 Å². The van der Waals surface area contributed by atoms with E-state index in [4.69, 9.17) is 0 Å². The third kappa shape index (κ3) is 4.30. The van der Waals surface area contributed by atoms with E-state index in [0.29, 0.717) is 0 Å². The van der Waals surface area contributed by atoms with Gasteiger partial charge in [0, 0.05) is 0 Å². The van der Waals surface area contributed by atoms with Crippen molar-refractivity contribution in [3.05, 3.63) is 206 Å². The highest BCUT2D eigenvalue weighted by atomic mass is 14.3. The first kappa shape index (κ1) is 32.2. The smallest absolute Gasteiger partial charge is 0.00199 e. The minimum Gasteiger partial charge on any atom is -0.0616 e. The van der Waals surface area contributed by atoms with Gasteiger partial charge in [0.15, 0.2) is 0 Å². The fourth-order valence-electron chi connectivity index (χ4n) is 11.1. The van der Waals surface area contributed by atoms with E-state index in [-0.39, 0.29) is 0 Å². The van der Waals surface area contributed by atoms with Crippen LogP contribution in [0.15, 0.2) is 206 Å². The van der Waals surface area contributed by atoms with E-state index in [1.165, 1.54) is 143 Å². The van der Waals surface area contributed by atoms with E-state index in [1.54, 1.807) is 0 Å². The Hall–Kier alpha value is -7.80. The second kappa shape index (κ2) is 11.9. The Morgan fingerprint density at radius 1 is 0.150 bits per heavy atom. The molecular weight excluding hydrogens is 721 g/mol. The molecule has 60 heavy (non-hydrogen) atoms. The average molecular weight is 755 g/mol. The summed E-state index contributed by atoms with van der Waals surface area (Å²) >= 11 is 0. The van der Waals surface area contributed by atoms with Gasteiger partial charge in [-0.1, -0.05) is 176 Å². The number of rotatable bonds is 3. The zero-order valence-corrected chi connectivity index (χ0v) is 32.6. The van der Waals surface area contributed by atoms with E-state index in [1.807, 2.05) is 0 Å². The summed E-state index contributed by atoms with van der Waals surface area (Å²) in [6, 6.07) is 77.5. The largest absolute Gasteiger partial charge is 0.0616 e. The van der Waals surface area contributed by atoms with E-state index < -0.39 is 0 Å². The average Bonchev–Trinajstić information content (AvgIpc) is 3.82. The molecule has 0 bridgehead atoms. The molecule has 0 heterocycles. The van der Waals surface area contributed by atoms with Crippen LogP contribution in [0.3, 0.4) is 0 Å². The summed E-state index contributed by atoms with van der Waals surface area (Å²) in [7, 11) is 0. The molecule has 12 aromatic rings. The van der Waals surface area contributed by atoms with Gasteiger partial charge in [-0.2, -0.15) is 0 Å². The van der Waals surface area contributed by atoms with Crippen molar-refractivity contribution < 1.29 is 0 Å². The molecule has 0 aliphatic heterocycles. The Bertz CT molecular complexity index is 3860. The number of fused-ring (bicyclic) bond motifs is 14. The second-order valence-corrected chi connectivity index (χ2v) is 16.7. The molecule has 0 N–H and O–H groups in total. The van der Waals surface area contributed by atoms with Crippen LogP contribution in [0, 0.1) is 0 Å². The van der Waals surface area contributed by atoms with Gasteiger partial charge in [0.05, 0.1) is 0 Å². The minimum atomic E-state index is 1.21. The van der Waals surface area contributed by atoms with Gasteiger partial charge in [-0.05, 0) is 173 Å². The highest BCUT2D eigenvalue weighted by Crippen LogP contribution is 2.53. The topological polar surface area (TPSA) is 0 Å². The quantitative estimate of drug-likeness (QED) is 0.158. The zero-order valence-electron chi connectivity index (χ0n) is 32.6. The van der Waals surface area contributed by atoms with Crippen LogP contribution in [-0.2, 0) is 0 Å². The lowest BCUT2D eigenvalue weighted by Gasteiger charge is -2.16. The van der Waals surface area contributed by atoms with Crippen molar-refractivity contribution in [2.45, 2.75) is 0 Å². The Morgan fingerprint density at radius 3 is 1.03 bits per heavy atom. The summed E-state index contributed by atoms with van der Waals surface area (Å²) < 4.78 is 0. The summed E-state index contributed by atoms with van der Waals surface area (Å²) in [5, 5.41) is 15.8. The van der Waals surface area contributed by atoms with Crippen LogP contribution in [0.4, 0.5) is 0 Å². The van der Waals surface area contributed by atoms with Gasteiger partial charge in [-0.15, -0.1) is 0 Å². The molecule has 2 aliphatic rings. The van der Waals surface area contributed by atoms with E-state index in [0.717, 1.165) is 0 Å².